The molecule has 0 saturated heterocycles. The van der Waals surface area contributed by atoms with Crippen LogP contribution in [0, 0.1) is 0 Å². The van der Waals surface area contributed by atoms with Crippen molar-refractivity contribution in [2.75, 3.05) is 0 Å². The van der Waals surface area contributed by atoms with Gasteiger partial charge in [-0.3, -0.25) is 0 Å². The Morgan fingerprint density at radius 2 is 2.15 bits per heavy atom. The molecule has 0 radical (unpaired) electrons. The largest absolute Gasteiger partial charge is 1.00 e. The van der Waals surface area contributed by atoms with Gasteiger partial charge in [-0.05, 0) is 6.07 Å². The maximum atomic E-state index is 4.14. The number of hydrogen-bond donors (Lipinski definition) is 0. The summed E-state index contributed by atoms with van der Waals surface area (Å²) in [5, 5.41) is 4.14. The molecule has 0 spiro atoms. The zero-order valence-corrected chi connectivity index (χ0v) is 9.42. The molecule has 2 rings (SSSR count). The molecule has 0 aliphatic rings. The summed E-state index contributed by atoms with van der Waals surface area (Å²) in [6.45, 7) is 0. The minimum Gasteiger partial charge on any atom is -1.00 e. The molecule has 4 heteroatoms. The molecule has 13 heavy (non-hydrogen) atoms. The number of rotatable bonds is 1. The maximum Gasteiger partial charge on any atom is 0.306 e. The van der Waals surface area contributed by atoms with E-state index >= 15 is 0 Å². The van der Waals surface area contributed by atoms with Gasteiger partial charge in [0.2, 0.25) is 0 Å². The summed E-state index contributed by atoms with van der Waals surface area (Å²) in [4.78, 5) is 0. The molecule has 0 aliphatic carbocycles. The average molecular weight is 287 g/mol. The highest BCUT2D eigenvalue weighted by atomic mass is 127. The van der Waals surface area contributed by atoms with Crippen LogP contribution in [0.1, 0.15) is 0 Å². The molecule has 2 aromatic heterocycles. The van der Waals surface area contributed by atoms with E-state index in [0.717, 1.165) is 5.82 Å². The molecule has 0 saturated carbocycles. The van der Waals surface area contributed by atoms with Gasteiger partial charge in [-0.1, -0.05) is 11.2 Å². The molecule has 0 fully saturated rings. The molecule has 68 valence electrons. The van der Waals surface area contributed by atoms with Gasteiger partial charge in [-0.15, -0.1) is 4.68 Å². The summed E-state index contributed by atoms with van der Waals surface area (Å²) in [5.41, 5.74) is 0. The fourth-order valence-electron chi connectivity index (χ4n) is 1.16. The van der Waals surface area contributed by atoms with E-state index in [-0.39, 0.29) is 24.0 Å². The van der Waals surface area contributed by atoms with Crippen molar-refractivity contribution >= 4 is 0 Å². The third-order valence-corrected chi connectivity index (χ3v) is 1.77. The van der Waals surface area contributed by atoms with E-state index in [4.69, 9.17) is 0 Å². The van der Waals surface area contributed by atoms with E-state index in [1.54, 1.807) is 6.20 Å². The van der Waals surface area contributed by atoms with Crippen molar-refractivity contribution in [1.29, 1.82) is 0 Å². The summed E-state index contributed by atoms with van der Waals surface area (Å²) in [6.07, 6.45) is 5.69. The highest BCUT2D eigenvalue weighted by Crippen LogP contribution is 1.96. The number of halogens is 1. The topological polar surface area (TPSA) is 21.7 Å². The van der Waals surface area contributed by atoms with Crippen molar-refractivity contribution in [3.63, 3.8) is 0 Å². The first-order valence-electron chi connectivity index (χ1n) is 3.82. The second kappa shape index (κ2) is 4.36. The van der Waals surface area contributed by atoms with Crippen LogP contribution in [0.25, 0.3) is 5.82 Å². The van der Waals surface area contributed by atoms with Crippen LogP contribution >= 0.6 is 0 Å². The lowest BCUT2D eigenvalue weighted by Gasteiger charge is -1.96. The summed E-state index contributed by atoms with van der Waals surface area (Å²) in [7, 11) is 2.00. The monoisotopic (exact) mass is 287 g/mol. The number of aromatic nitrogens is 3. The molecule has 0 unspecified atom stereocenters. The molecule has 0 bridgehead atoms. The van der Waals surface area contributed by atoms with E-state index in [9.17, 15) is 0 Å². The van der Waals surface area contributed by atoms with Crippen LogP contribution in [-0.2, 0) is 7.05 Å². The van der Waals surface area contributed by atoms with Crippen LogP contribution in [0.15, 0.2) is 42.9 Å². The van der Waals surface area contributed by atoms with Crippen molar-refractivity contribution in [2.45, 2.75) is 0 Å². The molecule has 0 aliphatic heterocycles. The quantitative estimate of drug-likeness (QED) is 0.427. The third-order valence-electron chi connectivity index (χ3n) is 1.77. The zero-order chi connectivity index (χ0) is 8.39. The molecule has 3 nitrogen and oxygen atoms in total. The lowest BCUT2D eigenvalue weighted by molar-refractivity contribution is -0.666. The van der Waals surface area contributed by atoms with Crippen molar-refractivity contribution in [3.05, 3.63) is 42.9 Å². The van der Waals surface area contributed by atoms with Crippen molar-refractivity contribution in [3.8, 4) is 5.82 Å². The molecule has 0 aromatic carbocycles. The van der Waals surface area contributed by atoms with Gasteiger partial charge in [0.1, 0.15) is 6.20 Å². The number of pyridine rings is 1. The fourth-order valence-corrected chi connectivity index (χ4v) is 1.16. The van der Waals surface area contributed by atoms with Gasteiger partial charge in [0.25, 0.3) is 0 Å². The fraction of sp³-hybridized carbons (Fsp3) is 0.111. The number of hydrogen-bond acceptors (Lipinski definition) is 1. The summed E-state index contributed by atoms with van der Waals surface area (Å²) >= 11 is 0. The van der Waals surface area contributed by atoms with E-state index in [1.807, 2.05) is 53.0 Å². The normalized spacial score (nSPS) is 9.31. The number of aryl methyl sites for hydroxylation is 1. The first kappa shape index (κ1) is 10.2. The molecule has 0 N–H and O–H groups in total. The van der Waals surface area contributed by atoms with E-state index in [2.05, 4.69) is 5.10 Å². The van der Waals surface area contributed by atoms with Crippen molar-refractivity contribution in [2.24, 2.45) is 7.05 Å². The molecular formula is C9H10IN3. The Bertz CT molecular complexity index is 370. The molecule has 2 heterocycles. The molecule has 0 atom stereocenters. The Balaban J connectivity index is 0.000000845. The van der Waals surface area contributed by atoms with Gasteiger partial charge in [0.15, 0.2) is 0 Å². The van der Waals surface area contributed by atoms with Crippen LogP contribution < -0.4 is 28.5 Å². The highest BCUT2D eigenvalue weighted by molar-refractivity contribution is 5.13. The summed E-state index contributed by atoms with van der Waals surface area (Å²) in [5.74, 6) is 1.06. The predicted octanol–water partition coefficient (Wildman–Crippen LogP) is -2.30. The Morgan fingerprint density at radius 3 is 2.77 bits per heavy atom. The van der Waals surface area contributed by atoms with Crippen molar-refractivity contribution in [1.82, 2.24) is 9.78 Å². The molecule has 0 amide bonds. The van der Waals surface area contributed by atoms with E-state index < -0.39 is 0 Å². The van der Waals surface area contributed by atoms with Crippen LogP contribution in [-0.4, -0.2) is 9.78 Å². The number of nitrogens with zero attached hydrogens (tertiary/aromatic N) is 3. The van der Waals surface area contributed by atoms with Crippen LogP contribution in [0.5, 0.6) is 0 Å². The lowest BCUT2D eigenvalue weighted by Crippen LogP contribution is -3.00. The second-order valence-electron chi connectivity index (χ2n) is 2.62. The molecule has 2 aromatic rings. The predicted molar refractivity (Wildman–Crippen MR) is 44.7 cm³/mol. The van der Waals surface area contributed by atoms with Crippen LogP contribution in [0.2, 0.25) is 0 Å². The van der Waals surface area contributed by atoms with Gasteiger partial charge in [0.05, 0.1) is 19.4 Å². The zero-order valence-electron chi connectivity index (χ0n) is 7.26. The third kappa shape index (κ3) is 2.06. The standard InChI is InChI=1S/C9H10N3.HI/c1-11-7-3-2-5-9(11)12-8-4-6-10-12;/h2-8H,1H3;1H/q+1;/p-1. The minimum absolute atomic E-state index is 0. The van der Waals surface area contributed by atoms with Crippen molar-refractivity contribution < 1.29 is 28.5 Å². The second-order valence-corrected chi connectivity index (χ2v) is 2.62. The smallest absolute Gasteiger partial charge is 0.306 e. The first-order valence-corrected chi connectivity index (χ1v) is 3.82. The summed E-state index contributed by atoms with van der Waals surface area (Å²) in [6, 6.07) is 7.92. The lowest BCUT2D eigenvalue weighted by atomic mass is 10.4. The first-order chi connectivity index (χ1) is 5.88. The van der Waals surface area contributed by atoms with Gasteiger partial charge in [-0.2, -0.15) is 0 Å². The average Bonchev–Trinajstić information content (AvgIpc) is 2.57. The Morgan fingerprint density at radius 1 is 1.31 bits per heavy atom. The minimum atomic E-state index is 0. The summed E-state index contributed by atoms with van der Waals surface area (Å²) < 4.78 is 3.85. The van der Waals surface area contributed by atoms with Crippen LogP contribution in [0.3, 0.4) is 0 Å². The Kier molecular flexibility index (Phi) is 3.41. The van der Waals surface area contributed by atoms with Gasteiger partial charge in [0, 0.05) is 12.1 Å². The van der Waals surface area contributed by atoms with Gasteiger partial charge >= 0.3 is 5.82 Å². The highest BCUT2D eigenvalue weighted by Gasteiger charge is 2.06. The van der Waals surface area contributed by atoms with Gasteiger partial charge in [-0.25, -0.2) is 4.57 Å². The van der Waals surface area contributed by atoms with E-state index in [0.29, 0.717) is 0 Å². The Labute approximate surface area is 94.0 Å². The van der Waals surface area contributed by atoms with E-state index in [1.165, 1.54) is 0 Å². The van der Waals surface area contributed by atoms with Gasteiger partial charge < -0.3 is 24.0 Å². The SMILES string of the molecule is C[n+]1ccccc1-n1cccn1.[I-]. The molecular weight excluding hydrogens is 277 g/mol. The maximum absolute atomic E-state index is 4.14. The van der Waals surface area contributed by atoms with Crippen LogP contribution in [0.4, 0.5) is 0 Å². The Hall–Kier alpha value is -0.910.